The monoisotopic (exact) mass is 549 g/mol. The van der Waals surface area contributed by atoms with Crippen LogP contribution in [-0.4, -0.2) is 66.4 Å². The molecular weight excluding hydrogens is 530 g/mol. The van der Waals surface area contributed by atoms with Gasteiger partial charge in [0.25, 0.3) is 11.8 Å². The van der Waals surface area contributed by atoms with E-state index < -0.39 is 29.2 Å². The van der Waals surface area contributed by atoms with Crippen molar-refractivity contribution in [2.75, 3.05) is 18.6 Å². The Hall–Kier alpha value is -3.54. The van der Waals surface area contributed by atoms with Crippen LogP contribution in [0.1, 0.15) is 11.5 Å². The van der Waals surface area contributed by atoms with Crippen molar-refractivity contribution < 1.29 is 28.9 Å². The topological polar surface area (TPSA) is 197 Å². The lowest BCUT2D eigenvalue weighted by Gasteiger charge is -2.50. The molecule has 5 N–H and O–H groups in total. The summed E-state index contributed by atoms with van der Waals surface area (Å²) in [4.78, 5) is 48.6. The number of amides is 2. The smallest absolute Gasteiger partial charge is 0.278 e. The van der Waals surface area contributed by atoms with Gasteiger partial charge < -0.3 is 31.5 Å². The van der Waals surface area contributed by atoms with Crippen LogP contribution < -0.4 is 26.5 Å². The molecule has 0 unspecified atom stereocenters. The molecule has 14 nitrogen and oxygen atoms in total. The van der Waals surface area contributed by atoms with E-state index in [4.69, 9.17) is 16.3 Å². The third-order valence-electron chi connectivity index (χ3n) is 5.56. The number of aliphatic carboxylic acids is 1. The van der Waals surface area contributed by atoms with E-state index in [0.717, 1.165) is 27.0 Å². The average Bonchev–Trinajstić information content (AvgIpc) is 3.56. The van der Waals surface area contributed by atoms with Gasteiger partial charge in [-0.1, -0.05) is 16.5 Å². The number of aromatic nitrogens is 4. The van der Waals surface area contributed by atoms with Gasteiger partial charge in [-0.15, -0.1) is 11.8 Å². The number of nitrogens with zero attached hydrogens (tertiary/aromatic N) is 6. The Balaban J connectivity index is 1.35. The highest BCUT2D eigenvalue weighted by Crippen LogP contribution is 2.40. The minimum Gasteiger partial charge on any atom is -0.543 e. The third kappa shape index (κ3) is 4.08. The van der Waals surface area contributed by atoms with E-state index in [1.807, 2.05) is 26.9 Å². The van der Waals surface area contributed by atoms with Crippen molar-refractivity contribution in [3.8, 4) is 0 Å². The van der Waals surface area contributed by atoms with Crippen molar-refractivity contribution in [1.82, 2.24) is 24.0 Å². The number of carbonyl (C=O) groups is 3. The van der Waals surface area contributed by atoms with Crippen LogP contribution in [0.2, 0.25) is 0 Å². The number of fused-ring (bicyclic) bond motifs is 2. The molecule has 1 fully saturated rings. The molecule has 0 saturated carbocycles. The van der Waals surface area contributed by atoms with E-state index >= 15 is 0 Å². The molecule has 36 heavy (non-hydrogen) atoms. The second-order valence-corrected chi connectivity index (χ2v) is 10.5. The number of rotatable bonds is 8. The Bertz CT molecular complexity index is 1440. The molecule has 5 rings (SSSR count). The molecule has 0 radical (unpaired) electrons. The van der Waals surface area contributed by atoms with E-state index in [0.29, 0.717) is 17.9 Å². The van der Waals surface area contributed by atoms with Crippen LogP contribution in [0, 0.1) is 0 Å². The molecule has 3 aromatic heterocycles. The second-order valence-electron chi connectivity index (χ2n) is 7.74. The normalized spacial score (nSPS) is 19.9. The summed E-state index contributed by atoms with van der Waals surface area (Å²) < 4.78 is 7.72. The van der Waals surface area contributed by atoms with Crippen molar-refractivity contribution in [2.45, 2.75) is 24.5 Å². The molecule has 2 atom stereocenters. The van der Waals surface area contributed by atoms with Crippen LogP contribution in [0.3, 0.4) is 0 Å². The molecule has 0 aliphatic carbocycles. The van der Waals surface area contributed by atoms with Gasteiger partial charge in [0.1, 0.15) is 37.0 Å². The zero-order valence-electron chi connectivity index (χ0n) is 18.6. The highest BCUT2D eigenvalue weighted by Gasteiger charge is 2.53. The molecule has 2 aliphatic heterocycles. The first-order chi connectivity index (χ1) is 17.3. The summed E-state index contributed by atoms with van der Waals surface area (Å²) in [6.45, 7) is 0.626. The molecule has 0 bridgehead atoms. The van der Waals surface area contributed by atoms with Crippen LogP contribution in [0.4, 0.5) is 5.13 Å². The summed E-state index contributed by atoms with van der Waals surface area (Å²) in [5, 5.41) is 19.8. The van der Waals surface area contributed by atoms with Crippen molar-refractivity contribution >= 4 is 68.1 Å². The number of nitrogens with one attached hydrogen (secondary N) is 1. The first-order valence-electron chi connectivity index (χ1n) is 10.4. The maximum atomic E-state index is 13.0. The predicted molar refractivity (Wildman–Crippen MR) is 128 cm³/mol. The maximum absolute atomic E-state index is 13.0. The Kier molecular flexibility index (Phi) is 6.37. The lowest BCUT2D eigenvalue weighted by molar-refractivity contribution is -0.687. The highest BCUT2D eigenvalue weighted by molar-refractivity contribution is 8.00. The van der Waals surface area contributed by atoms with Gasteiger partial charge >= 0.3 is 0 Å². The number of hydrogen-bond donors (Lipinski definition) is 3. The Morgan fingerprint density at radius 1 is 1.44 bits per heavy atom. The number of nitrogen functional groups attached to an aromatic ring is 1. The highest BCUT2D eigenvalue weighted by atomic mass is 32.2. The van der Waals surface area contributed by atoms with Crippen LogP contribution in [-0.2, 0) is 32.3 Å². The summed E-state index contributed by atoms with van der Waals surface area (Å²) in [5.74, 6) is -2.50. The summed E-state index contributed by atoms with van der Waals surface area (Å²) in [5.41, 5.74) is 12.4. The van der Waals surface area contributed by atoms with Gasteiger partial charge in [-0.2, -0.15) is 13.8 Å². The Morgan fingerprint density at radius 2 is 2.25 bits per heavy atom. The van der Waals surface area contributed by atoms with Gasteiger partial charge in [-0.3, -0.25) is 14.5 Å². The number of thiazole rings is 1. The van der Waals surface area contributed by atoms with Crippen molar-refractivity contribution in [1.29, 1.82) is 0 Å². The van der Waals surface area contributed by atoms with E-state index in [9.17, 15) is 19.5 Å². The van der Waals surface area contributed by atoms with Crippen LogP contribution in [0.5, 0.6) is 0 Å². The fourth-order valence-corrected chi connectivity index (χ4v) is 6.70. The number of imidazole rings is 1. The summed E-state index contributed by atoms with van der Waals surface area (Å²) in [6.07, 6.45) is 3.72. The molecule has 2 aliphatic rings. The third-order valence-corrected chi connectivity index (χ3v) is 8.38. The molecule has 3 aromatic rings. The molecule has 188 valence electrons. The Labute approximate surface area is 215 Å². The van der Waals surface area contributed by atoms with Crippen molar-refractivity contribution in [2.24, 2.45) is 10.9 Å². The number of oxime groups is 1. The molecule has 1 saturated heterocycles. The lowest BCUT2D eigenvalue weighted by atomic mass is 10.0. The molecule has 2 amide bonds. The van der Waals surface area contributed by atoms with Crippen LogP contribution in [0.15, 0.2) is 34.3 Å². The molecule has 17 heteroatoms. The predicted octanol–water partition coefficient (Wildman–Crippen LogP) is -2.36. The number of nitrogens with two attached hydrogens (primary N) is 2. The van der Waals surface area contributed by atoms with Gasteiger partial charge in [-0.25, -0.2) is 4.57 Å². The number of hydrogen-bond acceptors (Lipinski definition) is 13. The van der Waals surface area contributed by atoms with E-state index in [-0.39, 0.29) is 28.9 Å². The second kappa shape index (κ2) is 9.49. The van der Waals surface area contributed by atoms with Crippen molar-refractivity contribution in [3.63, 3.8) is 0 Å². The number of anilines is 1. The summed E-state index contributed by atoms with van der Waals surface area (Å²) in [6, 6.07) is -0.976. The lowest BCUT2D eigenvalue weighted by Crippen LogP contribution is -2.71. The van der Waals surface area contributed by atoms with Crippen LogP contribution in [0.25, 0.3) is 4.83 Å². The van der Waals surface area contributed by atoms with Gasteiger partial charge in [0, 0.05) is 28.2 Å². The largest absolute Gasteiger partial charge is 0.543 e. The molecule has 0 spiro atoms. The Morgan fingerprint density at radius 3 is 2.92 bits per heavy atom. The number of carboxylic acids is 1. The fraction of sp³-hybridized carbons (Fsp3) is 0.316. The van der Waals surface area contributed by atoms with Gasteiger partial charge in [-0.05, 0) is 0 Å². The van der Waals surface area contributed by atoms with E-state index in [2.05, 4.69) is 19.8 Å². The van der Waals surface area contributed by atoms with E-state index in [1.54, 1.807) is 0 Å². The average molecular weight is 550 g/mol. The summed E-state index contributed by atoms with van der Waals surface area (Å²) >= 11 is 3.74. The first kappa shape index (κ1) is 24.2. The molecular formula is C19H19N9O5S3. The first-order valence-corrected chi connectivity index (χ1v) is 13.1. The number of β-lactam (4-membered cyclic amide) rings is 1. The molecule has 0 aromatic carbocycles. The summed E-state index contributed by atoms with van der Waals surface area (Å²) in [7, 11) is 1.25. The van der Waals surface area contributed by atoms with Gasteiger partial charge in [0.2, 0.25) is 22.7 Å². The van der Waals surface area contributed by atoms with Gasteiger partial charge in [0.05, 0.1) is 18.2 Å². The van der Waals surface area contributed by atoms with Gasteiger partial charge in [0.15, 0.2) is 5.13 Å². The number of carbonyl (C=O) groups excluding carboxylic acids is 3. The van der Waals surface area contributed by atoms with Crippen molar-refractivity contribution in [3.05, 3.63) is 40.7 Å². The SMILES string of the molecule is CO/N=C(\C(=O)N[C@@H]1C(=O)N2C(C(=O)[O-])=C(C[n+]3cc4scc(CN)n4c3)CS[C@H]12)c1nsc(N)n1. The van der Waals surface area contributed by atoms with E-state index in [1.165, 1.54) is 30.2 Å². The van der Waals surface area contributed by atoms with Crippen LogP contribution >= 0.6 is 34.6 Å². The standard InChI is InChI=1S/C19H19N9O5S3/c1-33-24-11(14-23-19(21)36-25-14)15(29)22-12-16(30)28-13(18(31)32)8(5-35-17(12)28)3-26-4-10-27(7-26)9(2-20)6-34-10/h4,6-7,12,17H,2-3,5,20H2,1H3,(H3-,21,22,23,25,29,31,32)/b24-11-/t12-,17-/m1/s1. The minimum atomic E-state index is -1.46. The fourth-order valence-electron chi connectivity index (χ4n) is 3.99. The molecule has 5 heterocycles. The zero-order chi connectivity index (χ0) is 25.6. The number of thioether (sulfide) groups is 1. The zero-order valence-corrected chi connectivity index (χ0v) is 21.1. The quantitative estimate of drug-likeness (QED) is 0.118. The number of carboxylic acid groups (broad SMARTS) is 1. The minimum absolute atomic E-state index is 0.0447. The maximum Gasteiger partial charge on any atom is 0.278 e.